The minimum Gasteiger partial charge on any atom is -0.321 e. The van der Waals surface area contributed by atoms with Gasteiger partial charge in [-0.05, 0) is 37.1 Å². The maximum Gasteiger partial charge on any atom is 0.279 e. The summed E-state index contributed by atoms with van der Waals surface area (Å²) in [5.41, 5.74) is 4.14. The minimum absolute atomic E-state index is 0.0383. The molecule has 0 heterocycles. The SMILES string of the molecule is Cc1cccc(C)c1NC(=O)C[NH+](Cc1ccc(F)cc1)C1CC1. The van der Waals surface area contributed by atoms with E-state index < -0.39 is 0 Å². The fourth-order valence-electron chi connectivity index (χ4n) is 3.11. The highest BCUT2D eigenvalue weighted by Crippen LogP contribution is 2.19. The van der Waals surface area contributed by atoms with E-state index in [2.05, 4.69) is 5.32 Å². The molecule has 1 amide bonds. The van der Waals surface area contributed by atoms with Crippen molar-refractivity contribution in [2.45, 2.75) is 39.3 Å². The van der Waals surface area contributed by atoms with E-state index in [4.69, 9.17) is 0 Å². The van der Waals surface area contributed by atoms with Crippen LogP contribution in [0.4, 0.5) is 10.1 Å². The van der Waals surface area contributed by atoms with Crippen LogP contribution in [0.5, 0.6) is 0 Å². The van der Waals surface area contributed by atoms with Gasteiger partial charge in [0.05, 0.1) is 6.04 Å². The van der Waals surface area contributed by atoms with Crippen molar-refractivity contribution in [1.29, 1.82) is 0 Å². The van der Waals surface area contributed by atoms with Crippen LogP contribution in [0.2, 0.25) is 0 Å². The lowest BCUT2D eigenvalue weighted by molar-refractivity contribution is -0.916. The van der Waals surface area contributed by atoms with Crippen LogP contribution in [0.3, 0.4) is 0 Å². The number of aryl methyl sites for hydroxylation is 2. The minimum atomic E-state index is -0.223. The van der Waals surface area contributed by atoms with E-state index in [9.17, 15) is 9.18 Å². The maximum atomic E-state index is 13.1. The number of halogens is 1. The standard InChI is InChI=1S/C20H23FN2O/c1-14-4-3-5-15(2)20(14)22-19(24)13-23(18-10-11-18)12-16-6-8-17(21)9-7-16/h3-9,18H,10-13H2,1-2H3,(H,22,24)/p+1. The van der Waals surface area contributed by atoms with Gasteiger partial charge in [-0.25, -0.2) is 4.39 Å². The van der Waals surface area contributed by atoms with Crippen molar-refractivity contribution in [3.63, 3.8) is 0 Å². The summed E-state index contributed by atoms with van der Waals surface area (Å²) in [6, 6.07) is 13.1. The third kappa shape index (κ3) is 4.20. The molecule has 3 nitrogen and oxygen atoms in total. The second kappa shape index (κ2) is 7.14. The summed E-state index contributed by atoms with van der Waals surface area (Å²) in [5.74, 6) is -0.184. The average Bonchev–Trinajstić information content (AvgIpc) is 3.37. The van der Waals surface area contributed by atoms with Gasteiger partial charge in [-0.3, -0.25) is 4.79 Å². The summed E-state index contributed by atoms with van der Waals surface area (Å²) >= 11 is 0. The Hall–Kier alpha value is -2.20. The lowest BCUT2D eigenvalue weighted by Gasteiger charge is -2.19. The third-order valence-electron chi connectivity index (χ3n) is 4.63. The van der Waals surface area contributed by atoms with E-state index in [0.717, 1.165) is 41.8 Å². The second-order valence-corrected chi connectivity index (χ2v) is 6.73. The molecule has 2 N–H and O–H groups in total. The van der Waals surface area contributed by atoms with E-state index in [1.54, 1.807) is 12.1 Å². The summed E-state index contributed by atoms with van der Waals surface area (Å²) in [4.78, 5) is 13.8. The number of nitrogens with one attached hydrogen (secondary N) is 2. The highest BCUT2D eigenvalue weighted by atomic mass is 19.1. The van der Waals surface area contributed by atoms with E-state index in [1.807, 2.05) is 32.0 Å². The van der Waals surface area contributed by atoms with Crippen LogP contribution in [-0.4, -0.2) is 18.5 Å². The Balaban J connectivity index is 1.65. The number of benzene rings is 2. The van der Waals surface area contributed by atoms with Crippen molar-refractivity contribution < 1.29 is 14.1 Å². The molecule has 1 aliphatic carbocycles. The highest BCUT2D eigenvalue weighted by Gasteiger charge is 2.34. The van der Waals surface area contributed by atoms with E-state index in [0.29, 0.717) is 12.6 Å². The Kier molecular flexibility index (Phi) is 4.95. The molecule has 1 aliphatic rings. The lowest BCUT2D eigenvalue weighted by Crippen LogP contribution is -3.13. The fourth-order valence-corrected chi connectivity index (χ4v) is 3.11. The molecular formula is C20H24FN2O+. The second-order valence-electron chi connectivity index (χ2n) is 6.73. The topological polar surface area (TPSA) is 33.5 Å². The van der Waals surface area contributed by atoms with Crippen LogP contribution in [-0.2, 0) is 11.3 Å². The Morgan fingerprint density at radius 1 is 1.12 bits per heavy atom. The molecule has 2 aromatic rings. The first-order valence-corrected chi connectivity index (χ1v) is 8.48. The predicted molar refractivity (Wildman–Crippen MR) is 93.5 cm³/mol. The number of amides is 1. The molecule has 1 atom stereocenters. The molecule has 1 saturated carbocycles. The average molecular weight is 327 g/mol. The van der Waals surface area contributed by atoms with Crippen LogP contribution < -0.4 is 10.2 Å². The van der Waals surface area contributed by atoms with Gasteiger partial charge in [0.1, 0.15) is 12.4 Å². The maximum absolute atomic E-state index is 13.1. The Bertz CT molecular complexity index is 703. The lowest BCUT2D eigenvalue weighted by atomic mass is 10.1. The molecule has 1 unspecified atom stereocenters. The summed E-state index contributed by atoms with van der Waals surface area (Å²) < 4.78 is 13.1. The molecule has 0 saturated heterocycles. The quantitative estimate of drug-likeness (QED) is 0.840. The molecule has 0 aliphatic heterocycles. The molecule has 0 bridgehead atoms. The fraction of sp³-hybridized carbons (Fsp3) is 0.350. The Labute approximate surface area is 142 Å². The molecular weight excluding hydrogens is 303 g/mol. The molecule has 126 valence electrons. The molecule has 0 spiro atoms. The van der Waals surface area contributed by atoms with Crippen molar-refractivity contribution in [2.75, 3.05) is 11.9 Å². The van der Waals surface area contributed by atoms with Crippen molar-refractivity contribution in [3.05, 3.63) is 65.0 Å². The Morgan fingerprint density at radius 2 is 1.75 bits per heavy atom. The smallest absolute Gasteiger partial charge is 0.279 e. The van der Waals surface area contributed by atoms with Gasteiger partial charge in [0.2, 0.25) is 0 Å². The number of rotatable bonds is 6. The first kappa shape index (κ1) is 16.7. The monoisotopic (exact) mass is 327 g/mol. The molecule has 3 rings (SSSR count). The number of carbonyl (C=O) groups is 1. The molecule has 0 aromatic heterocycles. The van der Waals surface area contributed by atoms with Crippen LogP contribution in [0, 0.1) is 19.7 Å². The van der Waals surface area contributed by atoms with Crippen molar-refractivity contribution >= 4 is 11.6 Å². The normalized spacial score (nSPS) is 15.1. The van der Waals surface area contributed by atoms with Crippen LogP contribution in [0.1, 0.15) is 29.5 Å². The first-order chi connectivity index (χ1) is 11.5. The van der Waals surface area contributed by atoms with Gasteiger partial charge in [-0.15, -0.1) is 0 Å². The number of anilines is 1. The van der Waals surface area contributed by atoms with E-state index in [-0.39, 0.29) is 11.7 Å². The number of hydrogen-bond acceptors (Lipinski definition) is 1. The van der Waals surface area contributed by atoms with E-state index in [1.165, 1.54) is 17.0 Å². The molecule has 1 fully saturated rings. The molecule has 2 aromatic carbocycles. The van der Waals surface area contributed by atoms with Crippen molar-refractivity contribution in [1.82, 2.24) is 0 Å². The van der Waals surface area contributed by atoms with Crippen molar-refractivity contribution in [3.8, 4) is 0 Å². The zero-order valence-electron chi connectivity index (χ0n) is 14.2. The summed E-state index contributed by atoms with van der Waals surface area (Å²) in [7, 11) is 0. The van der Waals surface area contributed by atoms with Gasteiger partial charge < -0.3 is 10.2 Å². The number of quaternary nitrogens is 1. The Morgan fingerprint density at radius 3 is 2.33 bits per heavy atom. The largest absolute Gasteiger partial charge is 0.321 e. The number of carbonyl (C=O) groups excluding carboxylic acids is 1. The van der Waals surface area contributed by atoms with Crippen LogP contribution >= 0.6 is 0 Å². The van der Waals surface area contributed by atoms with Gasteiger partial charge in [-0.1, -0.05) is 30.3 Å². The summed E-state index contributed by atoms with van der Waals surface area (Å²) in [6.07, 6.45) is 2.32. The van der Waals surface area contributed by atoms with Crippen LogP contribution in [0.15, 0.2) is 42.5 Å². The summed E-state index contributed by atoms with van der Waals surface area (Å²) in [5, 5.41) is 3.07. The van der Waals surface area contributed by atoms with Gasteiger partial charge in [-0.2, -0.15) is 0 Å². The molecule has 24 heavy (non-hydrogen) atoms. The molecule has 0 radical (unpaired) electrons. The van der Waals surface area contributed by atoms with E-state index >= 15 is 0 Å². The zero-order chi connectivity index (χ0) is 17.1. The van der Waals surface area contributed by atoms with Gasteiger partial charge >= 0.3 is 0 Å². The van der Waals surface area contributed by atoms with Gasteiger partial charge in [0.15, 0.2) is 6.54 Å². The number of para-hydroxylation sites is 1. The number of hydrogen-bond donors (Lipinski definition) is 2. The predicted octanol–water partition coefficient (Wildman–Crippen LogP) is 2.63. The van der Waals surface area contributed by atoms with Gasteiger partial charge in [0.25, 0.3) is 5.91 Å². The van der Waals surface area contributed by atoms with Gasteiger partial charge in [0, 0.05) is 24.1 Å². The zero-order valence-corrected chi connectivity index (χ0v) is 14.2. The van der Waals surface area contributed by atoms with Crippen LogP contribution in [0.25, 0.3) is 0 Å². The molecule has 4 heteroatoms. The third-order valence-corrected chi connectivity index (χ3v) is 4.63. The highest BCUT2D eigenvalue weighted by molar-refractivity contribution is 5.93. The summed E-state index contributed by atoms with van der Waals surface area (Å²) in [6.45, 7) is 5.21. The van der Waals surface area contributed by atoms with Crippen molar-refractivity contribution in [2.24, 2.45) is 0 Å². The first-order valence-electron chi connectivity index (χ1n) is 8.48.